The Hall–Kier alpha value is -0.720. The van der Waals surface area contributed by atoms with Gasteiger partial charge in [0.25, 0.3) is 0 Å². The van der Waals surface area contributed by atoms with Crippen LogP contribution in [0.25, 0.3) is 0 Å². The van der Waals surface area contributed by atoms with E-state index in [2.05, 4.69) is 20.9 Å². The van der Waals surface area contributed by atoms with Gasteiger partial charge in [-0.05, 0) is 28.8 Å². The van der Waals surface area contributed by atoms with E-state index in [4.69, 9.17) is 20.2 Å². The number of ether oxygens (including phenoxy) is 2. The number of methoxy groups -OCH3 is 1. The molecule has 0 unspecified atom stereocenters. The fraction of sp³-hybridized carbons (Fsp3) is 0.692. The first-order chi connectivity index (χ1) is 9.16. The van der Waals surface area contributed by atoms with Gasteiger partial charge in [0.05, 0.1) is 10.2 Å². The van der Waals surface area contributed by atoms with Gasteiger partial charge in [-0.2, -0.15) is 0 Å². The Balaban J connectivity index is 2.03. The summed E-state index contributed by atoms with van der Waals surface area (Å²) in [5.74, 6) is 1.74. The predicted octanol–water partition coefficient (Wildman–Crippen LogP) is 2.35. The van der Waals surface area contributed by atoms with Gasteiger partial charge in [-0.15, -0.1) is 0 Å². The minimum atomic E-state index is -0.448. The second-order valence-corrected chi connectivity index (χ2v) is 6.01. The monoisotopic (exact) mass is 327 g/mol. The fourth-order valence-corrected chi connectivity index (χ4v) is 3.03. The van der Waals surface area contributed by atoms with Crippen molar-refractivity contribution in [2.24, 2.45) is 0 Å². The molecular formula is C13H18BrN3O2. The zero-order valence-corrected chi connectivity index (χ0v) is 12.6. The summed E-state index contributed by atoms with van der Waals surface area (Å²) >= 11 is 3.50. The largest absolute Gasteiger partial charge is 0.383 e. The van der Waals surface area contributed by atoms with Gasteiger partial charge in [0.15, 0.2) is 5.82 Å². The van der Waals surface area contributed by atoms with Crippen molar-refractivity contribution in [3.8, 4) is 0 Å². The SMILES string of the molecule is COC1(c2nc(N)c(Br)c(C3CC3)n2)CCOCC1. The highest BCUT2D eigenvalue weighted by Crippen LogP contribution is 2.44. The zero-order chi connectivity index (χ0) is 13.5. The number of hydrogen-bond acceptors (Lipinski definition) is 5. The summed E-state index contributed by atoms with van der Waals surface area (Å²) < 4.78 is 12.0. The van der Waals surface area contributed by atoms with Gasteiger partial charge in [0, 0.05) is 39.1 Å². The van der Waals surface area contributed by atoms with Gasteiger partial charge in [-0.1, -0.05) is 0 Å². The summed E-state index contributed by atoms with van der Waals surface area (Å²) in [5.41, 5.74) is 6.61. The maximum atomic E-state index is 6.02. The molecule has 0 radical (unpaired) electrons. The number of rotatable bonds is 3. The van der Waals surface area contributed by atoms with E-state index in [1.165, 1.54) is 12.8 Å². The van der Waals surface area contributed by atoms with E-state index in [9.17, 15) is 0 Å². The number of anilines is 1. The van der Waals surface area contributed by atoms with Crippen molar-refractivity contribution < 1.29 is 9.47 Å². The molecule has 5 nitrogen and oxygen atoms in total. The van der Waals surface area contributed by atoms with Gasteiger partial charge >= 0.3 is 0 Å². The molecule has 0 amide bonds. The van der Waals surface area contributed by atoms with E-state index >= 15 is 0 Å². The lowest BCUT2D eigenvalue weighted by Crippen LogP contribution is -2.37. The van der Waals surface area contributed by atoms with Crippen LogP contribution in [0.5, 0.6) is 0 Å². The molecule has 1 saturated heterocycles. The first kappa shape index (κ1) is 13.3. The van der Waals surface area contributed by atoms with Gasteiger partial charge in [0.1, 0.15) is 11.4 Å². The Labute approximate surface area is 121 Å². The molecule has 104 valence electrons. The van der Waals surface area contributed by atoms with E-state index in [0.29, 0.717) is 30.8 Å². The van der Waals surface area contributed by atoms with E-state index < -0.39 is 5.60 Å². The number of aromatic nitrogens is 2. The lowest BCUT2D eigenvalue weighted by atomic mass is 9.93. The molecule has 2 N–H and O–H groups in total. The molecule has 1 aromatic rings. The van der Waals surface area contributed by atoms with Crippen LogP contribution in [-0.4, -0.2) is 30.3 Å². The molecule has 0 aromatic carbocycles. The highest BCUT2D eigenvalue weighted by atomic mass is 79.9. The van der Waals surface area contributed by atoms with Crippen LogP contribution in [0.3, 0.4) is 0 Å². The van der Waals surface area contributed by atoms with Crippen LogP contribution in [0.4, 0.5) is 5.82 Å². The Morgan fingerprint density at radius 2 is 2.00 bits per heavy atom. The lowest BCUT2D eigenvalue weighted by Gasteiger charge is -2.34. The average Bonchev–Trinajstić information content (AvgIpc) is 3.27. The van der Waals surface area contributed by atoms with Crippen molar-refractivity contribution >= 4 is 21.7 Å². The lowest BCUT2D eigenvalue weighted by molar-refractivity contribution is -0.1000. The zero-order valence-electron chi connectivity index (χ0n) is 11.0. The quantitative estimate of drug-likeness (QED) is 0.922. The van der Waals surface area contributed by atoms with Crippen molar-refractivity contribution in [1.82, 2.24) is 9.97 Å². The standard InChI is InChI=1S/C13H18BrN3O2/c1-18-13(4-6-19-7-5-13)12-16-10(8-2-3-8)9(14)11(15)17-12/h8H,2-7H2,1H3,(H2,15,16,17). The summed E-state index contributed by atoms with van der Waals surface area (Å²) in [7, 11) is 1.71. The third-order valence-corrected chi connectivity index (χ3v) is 4.78. The first-order valence-corrected chi connectivity index (χ1v) is 7.42. The normalized spacial score (nSPS) is 22.4. The summed E-state index contributed by atoms with van der Waals surface area (Å²) in [5, 5.41) is 0. The van der Waals surface area contributed by atoms with Gasteiger partial charge in [0.2, 0.25) is 0 Å². The topological polar surface area (TPSA) is 70.3 Å². The van der Waals surface area contributed by atoms with Crippen LogP contribution in [0.2, 0.25) is 0 Å². The molecule has 0 spiro atoms. The molecule has 2 heterocycles. The minimum absolute atomic E-state index is 0.448. The van der Waals surface area contributed by atoms with Crippen LogP contribution in [-0.2, 0) is 15.1 Å². The Morgan fingerprint density at radius 3 is 2.58 bits per heavy atom. The molecule has 19 heavy (non-hydrogen) atoms. The second kappa shape index (κ2) is 5.00. The smallest absolute Gasteiger partial charge is 0.163 e. The summed E-state index contributed by atoms with van der Waals surface area (Å²) in [6.45, 7) is 1.35. The molecule has 1 aliphatic carbocycles. The first-order valence-electron chi connectivity index (χ1n) is 6.62. The molecule has 2 aliphatic rings. The third kappa shape index (κ3) is 2.37. The third-order valence-electron chi connectivity index (χ3n) is 3.97. The molecule has 6 heteroatoms. The van der Waals surface area contributed by atoms with Gasteiger partial charge < -0.3 is 15.2 Å². The van der Waals surface area contributed by atoms with Gasteiger partial charge in [-0.25, -0.2) is 9.97 Å². The number of hydrogen-bond donors (Lipinski definition) is 1. The number of halogens is 1. The predicted molar refractivity (Wildman–Crippen MR) is 74.9 cm³/mol. The van der Waals surface area contributed by atoms with E-state index in [1.807, 2.05) is 0 Å². The van der Waals surface area contributed by atoms with Crippen LogP contribution >= 0.6 is 15.9 Å². The van der Waals surface area contributed by atoms with Crippen molar-refractivity contribution in [1.29, 1.82) is 0 Å². The van der Waals surface area contributed by atoms with Gasteiger partial charge in [-0.3, -0.25) is 0 Å². The van der Waals surface area contributed by atoms with Crippen LogP contribution in [0.1, 0.15) is 43.1 Å². The molecule has 1 aliphatic heterocycles. The Bertz CT molecular complexity index is 485. The fourth-order valence-electron chi connectivity index (χ4n) is 2.53. The van der Waals surface area contributed by atoms with E-state index in [0.717, 1.165) is 23.0 Å². The van der Waals surface area contributed by atoms with E-state index in [-0.39, 0.29) is 0 Å². The molecular weight excluding hydrogens is 310 g/mol. The van der Waals surface area contributed by atoms with Crippen molar-refractivity contribution in [2.45, 2.75) is 37.2 Å². The van der Waals surface area contributed by atoms with Crippen molar-refractivity contribution in [3.05, 3.63) is 16.0 Å². The molecule has 3 rings (SSSR count). The average molecular weight is 328 g/mol. The van der Waals surface area contributed by atoms with Crippen molar-refractivity contribution in [3.63, 3.8) is 0 Å². The summed E-state index contributed by atoms with van der Waals surface area (Å²) in [6, 6.07) is 0. The van der Waals surface area contributed by atoms with Crippen LogP contribution in [0, 0.1) is 0 Å². The summed E-state index contributed by atoms with van der Waals surface area (Å²) in [6.07, 6.45) is 3.90. The Morgan fingerprint density at radius 1 is 1.32 bits per heavy atom. The Kier molecular flexibility index (Phi) is 3.49. The van der Waals surface area contributed by atoms with Crippen molar-refractivity contribution in [2.75, 3.05) is 26.1 Å². The summed E-state index contributed by atoms with van der Waals surface area (Å²) in [4.78, 5) is 9.19. The molecule has 2 fully saturated rings. The number of nitrogens with two attached hydrogens (primary N) is 1. The minimum Gasteiger partial charge on any atom is -0.383 e. The molecule has 1 saturated carbocycles. The van der Waals surface area contributed by atoms with Crippen LogP contribution in [0.15, 0.2) is 4.47 Å². The number of nitrogen functional groups attached to an aromatic ring is 1. The molecule has 0 bridgehead atoms. The molecule has 1 aromatic heterocycles. The highest BCUT2D eigenvalue weighted by Gasteiger charge is 2.39. The highest BCUT2D eigenvalue weighted by molar-refractivity contribution is 9.10. The maximum absolute atomic E-state index is 6.02. The number of nitrogens with zero attached hydrogens (tertiary/aromatic N) is 2. The molecule has 0 atom stereocenters. The van der Waals surface area contributed by atoms with Crippen LogP contribution < -0.4 is 5.73 Å². The van der Waals surface area contributed by atoms with E-state index in [1.54, 1.807) is 7.11 Å². The maximum Gasteiger partial charge on any atom is 0.163 e. The second-order valence-electron chi connectivity index (χ2n) is 5.22.